The standard InChI is InChI=1S/C8H16O2/c1-4-6-8(5-2)10-7-9-3/h5,8H,2,4,6-7H2,1,3H3. The molecule has 0 radical (unpaired) electrons. The van der Waals surface area contributed by atoms with Crippen LogP contribution in [0.3, 0.4) is 0 Å². The lowest BCUT2D eigenvalue weighted by Gasteiger charge is -2.10. The first-order valence-corrected chi connectivity index (χ1v) is 3.58. The highest BCUT2D eigenvalue weighted by molar-refractivity contribution is 4.78. The van der Waals surface area contributed by atoms with Crippen LogP contribution in [0, 0.1) is 0 Å². The molecule has 0 fully saturated rings. The summed E-state index contributed by atoms with van der Waals surface area (Å²) in [5.74, 6) is 0. The second kappa shape index (κ2) is 6.78. The molecule has 0 aliphatic carbocycles. The van der Waals surface area contributed by atoms with Crippen molar-refractivity contribution >= 4 is 0 Å². The molecule has 2 nitrogen and oxygen atoms in total. The molecule has 0 N–H and O–H groups in total. The zero-order valence-corrected chi connectivity index (χ0v) is 6.80. The molecule has 0 aromatic heterocycles. The first kappa shape index (κ1) is 9.66. The van der Waals surface area contributed by atoms with Crippen LogP contribution in [0.2, 0.25) is 0 Å². The highest BCUT2D eigenvalue weighted by atomic mass is 16.7. The molecule has 0 saturated carbocycles. The SMILES string of the molecule is C=CC(CCC)OCOC. The summed E-state index contributed by atoms with van der Waals surface area (Å²) in [6, 6.07) is 0. The molecule has 0 rings (SSSR count). The number of ether oxygens (including phenoxy) is 2. The molecule has 0 aliphatic heterocycles. The van der Waals surface area contributed by atoms with E-state index >= 15 is 0 Å². The van der Waals surface area contributed by atoms with E-state index in [2.05, 4.69) is 13.5 Å². The van der Waals surface area contributed by atoms with Crippen molar-refractivity contribution in [2.45, 2.75) is 25.9 Å². The molecule has 2 heteroatoms. The van der Waals surface area contributed by atoms with E-state index in [1.54, 1.807) is 7.11 Å². The van der Waals surface area contributed by atoms with E-state index in [1.807, 2.05) is 6.08 Å². The van der Waals surface area contributed by atoms with Crippen LogP contribution in [0.4, 0.5) is 0 Å². The maximum Gasteiger partial charge on any atom is 0.147 e. The molecular weight excluding hydrogens is 128 g/mol. The number of rotatable bonds is 6. The minimum Gasteiger partial charge on any atom is -0.359 e. The van der Waals surface area contributed by atoms with Gasteiger partial charge >= 0.3 is 0 Å². The Morgan fingerprint density at radius 3 is 2.70 bits per heavy atom. The fraction of sp³-hybridized carbons (Fsp3) is 0.750. The Morgan fingerprint density at radius 2 is 2.30 bits per heavy atom. The van der Waals surface area contributed by atoms with E-state index in [1.165, 1.54) is 0 Å². The van der Waals surface area contributed by atoms with Crippen molar-refractivity contribution in [2.75, 3.05) is 13.9 Å². The van der Waals surface area contributed by atoms with Gasteiger partial charge in [-0.1, -0.05) is 19.4 Å². The van der Waals surface area contributed by atoms with Crippen LogP contribution in [0.5, 0.6) is 0 Å². The molecule has 0 spiro atoms. The van der Waals surface area contributed by atoms with Gasteiger partial charge in [-0.3, -0.25) is 0 Å². The molecule has 0 aromatic rings. The lowest BCUT2D eigenvalue weighted by Crippen LogP contribution is -2.10. The van der Waals surface area contributed by atoms with Crippen molar-refractivity contribution in [1.82, 2.24) is 0 Å². The molecule has 1 unspecified atom stereocenters. The summed E-state index contributed by atoms with van der Waals surface area (Å²) in [6.07, 6.45) is 4.10. The van der Waals surface area contributed by atoms with Gasteiger partial charge in [-0.05, 0) is 6.42 Å². The Hall–Kier alpha value is -0.340. The Morgan fingerprint density at radius 1 is 1.60 bits per heavy atom. The maximum absolute atomic E-state index is 5.24. The highest BCUT2D eigenvalue weighted by Gasteiger charge is 2.00. The summed E-state index contributed by atoms with van der Waals surface area (Å²) in [5, 5.41) is 0. The van der Waals surface area contributed by atoms with E-state index < -0.39 is 0 Å². The molecule has 0 heterocycles. The van der Waals surface area contributed by atoms with Crippen LogP contribution >= 0.6 is 0 Å². The van der Waals surface area contributed by atoms with Crippen LogP contribution in [0.15, 0.2) is 12.7 Å². The minimum absolute atomic E-state index is 0.157. The molecule has 0 amide bonds. The highest BCUT2D eigenvalue weighted by Crippen LogP contribution is 2.02. The van der Waals surface area contributed by atoms with Crippen LogP contribution in [-0.4, -0.2) is 20.0 Å². The quantitative estimate of drug-likeness (QED) is 0.419. The van der Waals surface area contributed by atoms with Crippen LogP contribution in [-0.2, 0) is 9.47 Å². The van der Waals surface area contributed by atoms with Gasteiger partial charge in [0.25, 0.3) is 0 Å². The van der Waals surface area contributed by atoms with Crippen LogP contribution < -0.4 is 0 Å². The Labute approximate surface area is 62.8 Å². The predicted octanol–water partition coefficient (Wildman–Crippen LogP) is 1.96. The van der Waals surface area contributed by atoms with Crippen molar-refractivity contribution in [3.8, 4) is 0 Å². The van der Waals surface area contributed by atoms with E-state index in [4.69, 9.17) is 9.47 Å². The zero-order valence-electron chi connectivity index (χ0n) is 6.80. The maximum atomic E-state index is 5.24. The van der Waals surface area contributed by atoms with Crippen molar-refractivity contribution in [3.63, 3.8) is 0 Å². The van der Waals surface area contributed by atoms with E-state index in [9.17, 15) is 0 Å². The third-order valence-electron chi connectivity index (χ3n) is 1.24. The average Bonchev–Trinajstić information content (AvgIpc) is 1.98. The summed E-state index contributed by atoms with van der Waals surface area (Å²) < 4.78 is 9.99. The van der Waals surface area contributed by atoms with Gasteiger partial charge in [0, 0.05) is 7.11 Å². The van der Waals surface area contributed by atoms with Gasteiger partial charge in [-0.25, -0.2) is 0 Å². The van der Waals surface area contributed by atoms with Gasteiger partial charge in [0.15, 0.2) is 0 Å². The molecule has 10 heavy (non-hydrogen) atoms. The molecule has 0 aliphatic rings. The first-order valence-electron chi connectivity index (χ1n) is 3.58. The molecular formula is C8H16O2. The Kier molecular flexibility index (Phi) is 6.55. The van der Waals surface area contributed by atoms with Crippen molar-refractivity contribution in [2.24, 2.45) is 0 Å². The third kappa shape index (κ3) is 4.53. The van der Waals surface area contributed by atoms with Gasteiger partial charge < -0.3 is 9.47 Å². The number of hydrogen-bond donors (Lipinski definition) is 0. The average molecular weight is 144 g/mol. The van der Waals surface area contributed by atoms with Crippen molar-refractivity contribution in [3.05, 3.63) is 12.7 Å². The summed E-state index contributed by atoms with van der Waals surface area (Å²) >= 11 is 0. The van der Waals surface area contributed by atoms with E-state index in [0.29, 0.717) is 6.79 Å². The largest absolute Gasteiger partial charge is 0.359 e. The van der Waals surface area contributed by atoms with Crippen molar-refractivity contribution in [1.29, 1.82) is 0 Å². The summed E-state index contributed by atoms with van der Waals surface area (Å²) in [7, 11) is 1.62. The second-order valence-electron chi connectivity index (χ2n) is 2.14. The second-order valence-corrected chi connectivity index (χ2v) is 2.14. The number of hydrogen-bond acceptors (Lipinski definition) is 2. The lowest BCUT2D eigenvalue weighted by molar-refractivity contribution is -0.0574. The summed E-state index contributed by atoms with van der Waals surface area (Å²) in [5.41, 5.74) is 0. The zero-order chi connectivity index (χ0) is 7.82. The number of methoxy groups -OCH3 is 1. The van der Waals surface area contributed by atoms with Crippen molar-refractivity contribution < 1.29 is 9.47 Å². The fourth-order valence-electron chi connectivity index (χ4n) is 0.709. The fourth-order valence-corrected chi connectivity index (χ4v) is 0.709. The molecule has 0 bridgehead atoms. The first-order chi connectivity index (χ1) is 4.85. The normalized spacial score (nSPS) is 13.0. The Bertz CT molecular complexity index is 81.3. The third-order valence-corrected chi connectivity index (χ3v) is 1.24. The molecule has 1 atom stereocenters. The van der Waals surface area contributed by atoms with Gasteiger partial charge in [0.1, 0.15) is 6.79 Å². The molecule has 60 valence electrons. The monoisotopic (exact) mass is 144 g/mol. The summed E-state index contributed by atoms with van der Waals surface area (Å²) in [6.45, 7) is 6.13. The van der Waals surface area contributed by atoms with Crippen LogP contribution in [0.1, 0.15) is 19.8 Å². The van der Waals surface area contributed by atoms with Gasteiger partial charge in [-0.2, -0.15) is 0 Å². The minimum atomic E-state index is 0.157. The lowest BCUT2D eigenvalue weighted by atomic mass is 10.2. The van der Waals surface area contributed by atoms with E-state index in [0.717, 1.165) is 12.8 Å². The van der Waals surface area contributed by atoms with Gasteiger partial charge in [0.05, 0.1) is 6.10 Å². The molecule has 0 aromatic carbocycles. The summed E-state index contributed by atoms with van der Waals surface area (Å²) in [4.78, 5) is 0. The Balaban J connectivity index is 3.29. The van der Waals surface area contributed by atoms with Gasteiger partial charge in [0.2, 0.25) is 0 Å². The topological polar surface area (TPSA) is 18.5 Å². The van der Waals surface area contributed by atoms with E-state index in [-0.39, 0.29) is 6.10 Å². The van der Waals surface area contributed by atoms with Gasteiger partial charge in [-0.15, -0.1) is 6.58 Å². The smallest absolute Gasteiger partial charge is 0.147 e. The molecule has 0 saturated heterocycles. The van der Waals surface area contributed by atoms with Crippen LogP contribution in [0.25, 0.3) is 0 Å². The predicted molar refractivity (Wildman–Crippen MR) is 41.9 cm³/mol.